The lowest BCUT2D eigenvalue weighted by Gasteiger charge is -2.05. The first-order valence-corrected chi connectivity index (χ1v) is 8.93. The minimum atomic E-state index is -0.0360. The Kier molecular flexibility index (Phi) is 5.40. The molecule has 2 aromatic heterocycles. The Morgan fingerprint density at radius 2 is 1.92 bits per heavy atom. The molecule has 0 radical (unpaired) electrons. The second kappa shape index (κ2) is 7.90. The molecule has 0 aliphatic carbocycles. The van der Waals surface area contributed by atoms with Crippen LogP contribution in [-0.4, -0.2) is 15.9 Å². The predicted molar refractivity (Wildman–Crippen MR) is 101 cm³/mol. The molecule has 1 amide bonds. The SMILES string of the molecule is Cc1ccc(CNC(=O)Cc2csc(Nc3cc(C)ccn3)n2)cc1. The van der Waals surface area contributed by atoms with Crippen LogP contribution in [0.4, 0.5) is 10.9 Å². The number of nitrogens with one attached hydrogen (secondary N) is 2. The van der Waals surface area contributed by atoms with Gasteiger partial charge >= 0.3 is 0 Å². The standard InChI is InChI=1S/C19H20N4OS/c1-13-3-5-15(6-4-13)11-21-18(24)10-16-12-25-19(22-16)23-17-9-14(2)7-8-20-17/h3-9,12H,10-11H2,1-2H3,(H,21,24)(H,20,22,23). The summed E-state index contributed by atoms with van der Waals surface area (Å²) in [6.45, 7) is 4.59. The van der Waals surface area contributed by atoms with E-state index in [2.05, 4.69) is 20.6 Å². The van der Waals surface area contributed by atoms with Crippen molar-refractivity contribution in [3.05, 3.63) is 70.4 Å². The van der Waals surface area contributed by atoms with E-state index in [9.17, 15) is 4.79 Å². The van der Waals surface area contributed by atoms with Crippen molar-refractivity contribution in [1.29, 1.82) is 0 Å². The minimum Gasteiger partial charge on any atom is -0.352 e. The van der Waals surface area contributed by atoms with E-state index in [-0.39, 0.29) is 12.3 Å². The Balaban J connectivity index is 1.52. The van der Waals surface area contributed by atoms with Crippen molar-refractivity contribution < 1.29 is 4.79 Å². The van der Waals surface area contributed by atoms with Gasteiger partial charge < -0.3 is 10.6 Å². The Morgan fingerprint density at radius 3 is 2.68 bits per heavy atom. The zero-order chi connectivity index (χ0) is 17.6. The zero-order valence-corrected chi connectivity index (χ0v) is 15.1. The van der Waals surface area contributed by atoms with E-state index in [0.29, 0.717) is 6.54 Å². The van der Waals surface area contributed by atoms with Gasteiger partial charge in [0.25, 0.3) is 0 Å². The average Bonchev–Trinajstić information content (AvgIpc) is 3.01. The molecule has 0 saturated carbocycles. The van der Waals surface area contributed by atoms with Crippen LogP contribution in [-0.2, 0) is 17.8 Å². The van der Waals surface area contributed by atoms with E-state index in [1.54, 1.807) is 6.20 Å². The summed E-state index contributed by atoms with van der Waals surface area (Å²) < 4.78 is 0. The van der Waals surface area contributed by atoms with E-state index in [1.165, 1.54) is 16.9 Å². The molecule has 3 aromatic rings. The fraction of sp³-hybridized carbons (Fsp3) is 0.211. The normalized spacial score (nSPS) is 10.5. The van der Waals surface area contributed by atoms with Gasteiger partial charge in [0, 0.05) is 18.1 Å². The van der Waals surface area contributed by atoms with Crippen molar-refractivity contribution >= 4 is 28.2 Å². The number of hydrogen-bond donors (Lipinski definition) is 2. The largest absolute Gasteiger partial charge is 0.352 e. The first kappa shape index (κ1) is 17.1. The molecule has 5 nitrogen and oxygen atoms in total. The lowest BCUT2D eigenvalue weighted by Crippen LogP contribution is -2.24. The average molecular weight is 352 g/mol. The van der Waals surface area contributed by atoms with E-state index in [1.807, 2.05) is 55.6 Å². The third-order valence-electron chi connectivity index (χ3n) is 3.65. The van der Waals surface area contributed by atoms with Crippen LogP contribution in [0.15, 0.2) is 48.0 Å². The molecule has 3 rings (SSSR count). The molecule has 2 N–H and O–H groups in total. The highest BCUT2D eigenvalue weighted by Gasteiger charge is 2.08. The van der Waals surface area contributed by atoms with Crippen LogP contribution in [0.3, 0.4) is 0 Å². The minimum absolute atomic E-state index is 0.0360. The van der Waals surface area contributed by atoms with E-state index in [4.69, 9.17) is 0 Å². The summed E-state index contributed by atoms with van der Waals surface area (Å²) >= 11 is 1.47. The Hall–Kier alpha value is -2.73. The highest BCUT2D eigenvalue weighted by Crippen LogP contribution is 2.20. The topological polar surface area (TPSA) is 66.9 Å². The summed E-state index contributed by atoms with van der Waals surface area (Å²) in [6.07, 6.45) is 2.02. The molecule has 0 spiro atoms. The molecular weight excluding hydrogens is 332 g/mol. The highest BCUT2D eigenvalue weighted by molar-refractivity contribution is 7.13. The van der Waals surface area contributed by atoms with Gasteiger partial charge in [0.1, 0.15) is 5.82 Å². The van der Waals surface area contributed by atoms with Crippen molar-refractivity contribution in [2.24, 2.45) is 0 Å². The van der Waals surface area contributed by atoms with Gasteiger partial charge in [-0.05, 0) is 37.1 Å². The molecular formula is C19H20N4OS. The number of aromatic nitrogens is 2. The summed E-state index contributed by atoms with van der Waals surface area (Å²) in [5, 5.41) is 8.72. The van der Waals surface area contributed by atoms with Crippen LogP contribution < -0.4 is 10.6 Å². The lowest BCUT2D eigenvalue weighted by molar-refractivity contribution is -0.120. The molecule has 2 heterocycles. The molecule has 0 aliphatic rings. The van der Waals surface area contributed by atoms with Gasteiger partial charge in [0.2, 0.25) is 5.91 Å². The van der Waals surface area contributed by atoms with Crippen LogP contribution in [0, 0.1) is 13.8 Å². The predicted octanol–water partition coefficient (Wildman–Crippen LogP) is 3.76. The van der Waals surface area contributed by atoms with Crippen LogP contribution in [0.2, 0.25) is 0 Å². The number of pyridine rings is 1. The van der Waals surface area contributed by atoms with Gasteiger partial charge in [-0.3, -0.25) is 4.79 Å². The van der Waals surface area contributed by atoms with Crippen LogP contribution in [0.1, 0.15) is 22.4 Å². The Morgan fingerprint density at radius 1 is 1.12 bits per heavy atom. The summed E-state index contributed by atoms with van der Waals surface area (Å²) in [5.74, 6) is 0.718. The first-order chi connectivity index (χ1) is 12.1. The lowest BCUT2D eigenvalue weighted by atomic mass is 10.1. The number of hydrogen-bond acceptors (Lipinski definition) is 5. The Labute approximate surface area is 151 Å². The number of nitrogens with zero attached hydrogens (tertiary/aromatic N) is 2. The third-order valence-corrected chi connectivity index (χ3v) is 4.46. The van der Waals surface area contributed by atoms with Gasteiger partial charge in [0.05, 0.1) is 12.1 Å². The number of rotatable bonds is 6. The number of amides is 1. The van der Waals surface area contributed by atoms with E-state index in [0.717, 1.165) is 27.8 Å². The number of thiazole rings is 1. The van der Waals surface area contributed by atoms with Gasteiger partial charge in [0.15, 0.2) is 5.13 Å². The molecule has 25 heavy (non-hydrogen) atoms. The zero-order valence-electron chi connectivity index (χ0n) is 14.2. The summed E-state index contributed by atoms with van der Waals surface area (Å²) in [4.78, 5) is 20.8. The third kappa shape index (κ3) is 5.12. The monoisotopic (exact) mass is 352 g/mol. The maximum absolute atomic E-state index is 12.1. The Bertz CT molecular complexity index is 858. The van der Waals surface area contributed by atoms with Crippen molar-refractivity contribution in [2.45, 2.75) is 26.8 Å². The smallest absolute Gasteiger partial charge is 0.226 e. The number of anilines is 2. The maximum atomic E-state index is 12.1. The second-order valence-electron chi connectivity index (χ2n) is 5.93. The van der Waals surface area contributed by atoms with Gasteiger partial charge in [-0.2, -0.15) is 0 Å². The summed E-state index contributed by atoms with van der Waals surface area (Å²) in [7, 11) is 0. The summed E-state index contributed by atoms with van der Waals surface area (Å²) in [6, 6.07) is 12.0. The fourth-order valence-corrected chi connectivity index (χ4v) is 3.01. The number of carbonyl (C=O) groups is 1. The van der Waals surface area contributed by atoms with Crippen LogP contribution in [0.25, 0.3) is 0 Å². The summed E-state index contributed by atoms with van der Waals surface area (Å²) in [5.41, 5.74) is 4.18. The molecule has 0 unspecified atom stereocenters. The maximum Gasteiger partial charge on any atom is 0.226 e. The number of aryl methyl sites for hydroxylation is 2. The van der Waals surface area contributed by atoms with Crippen molar-refractivity contribution in [2.75, 3.05) is 5.32 Å². The molecule has 0 aliphatic heterocycles. The first-order valence-electron chi connectivity index (χ1n) is 8.05. The molecule has 128 valence electrons. The van der Waals surface area contributed by atoms with Crippen molar-refractivity contribution in [1.82, 2.24) is 15.3 Å². The molecule has 1 aromatic carbocycles. The van der Waals surface area contributed by atoms with Gasteiger partial charge in [-0.1, -0.05) is 29.8 Å². The van der Waals surface area contributed by atoms with Crippen molar-refractivity contribution in [3.63, 3.8) is 0 Å². The van der Waals surface area contributed by atoms with E-state index < -0.39 is 0 Å². The molecule has 0 bridgehead atoms. The van der Waals surface area contributed by atoms with E-state index >= 15 is 0 Å². The molecule has 6 heteroatoms. The quantitative estimate of drug-likeness (QED) is 0.709. The van der Waals surface area contributed by atoms with Gasteiger partial charge in [-0.15, -0.1) is 11.3 Å². The number of carbonyl (C=O) groups excluding carboxylic acids is 1. The van der Waals surface area contributed by atoms with Crippen molar-refractivity contribution in [3.8, 4) is 0 Å². The second-order valence-corrected chi connectivity index (χ2v) is 6.78. The molecule has 0 saturated heterocycles. The van der Waals surface area contributed by atoms with Crippen LogP contribution >= 0.6 is 11.3 Å². The highest BCUT2D eigenvalue weighted by atomic mass is 32.1. The number of benzene rings is 1. The van der Waals surface area contributed by atoms with Gasteiger partial charge in [-0.25, -0.2) is 9.97 Å². The molecule has 0 fully saturated rings. The molecule has 0 atom stereocenters. The fourth-order valence-electron chi connectivity index (χ4n) is 2.29. The van der Waals surface area contributed by atoms with Crippen LogP contribution in [0.5, 0.6) is 0 Å².